The van der Waals surface area contributed by atoms with Crippen LogP contribution in [-0.2, 0) is 4.79 Å². The Morgan fingerprint density at radius 2 is 1.61 bits per heavy atom. The summed E-state index contributed by atoms with van der Waals surface area (Å²) < 4.78 is 76.7. The van der Waals surface area contributed by atoms with Gasteiger partial charge in [-0.3, -0.25) is 14.5 Å². The summed E-state index contributed by atoms with van der Waals surface area (Å²) in [6.07, 6.45) is -1.80. The van der Waals surface area contributed by atoms with Crippen molar-refractivity contribution < 1.29 is 46.1 Å². The van der Waals surface area contributed by atoms with E-state index in [1.807, 2.05) is 24.3 Å². The van der Waals surface area contributed by atoms with E-state index in [4.69, 9.17) is 9.47 Å². The van der Waals surface area contributed by atoms with E-state index in [2.05, 4.69) is 4.90 Å². The number of anilines is 1. The maximum absolute atomic E-state index is 13.6. The Hall–Kier alpha value is -3.61. The minimum absolute atomic E-state index is 0.00735. The van der Waals surface area contributed by atoms with Gasteiger partial charge >= 0.3 is 18.1 Å². The summed E-state index contributed by atoms with van der Waals surface area (Å²) in [5, 5.41) is 9.36. The fraction of sp³-hybridized carbons (Fsp3) is 0.576. The number of ether oxygens (including phenoxy) is 2. The number of aliphatic carboxylic acids is 1. The molecule has 2 saturated heterocycles. The molecule has 1 unspecified atom stereocenters. The van der Waals surface area contributed by atoms with E-state index >= 15 is 0 Å². The van der Waals surface area contributed by atoms with Gasteiger partial charge in [0.25, 0.3) is 5.91 Å². The van der Waals surface area contributed by atoms with Crippen molar-refractivity contribution in [1.29, 1.82) is 0 Å². The Bertz CT molecular complexity index is 1370. The number of piperazine rings is 1. The van der Waals surface area contributed by atoms with Crippen molar-refractivity contribution in [3.8, 4) is 11.5 Å². The lowest BCUT2D eigenvalue weighted by Gasteiger charge is -2.38. The molecule has 0 radical (unpaired) electrons. The molecule has 3 fully saturated rings. The second-order valence-electron chi connectivity index (χ2n) is 12.5. The Morgan fingerprint density at radius 3 is 2.22 bits per heavy atom. The molecule has 3 aliphatic rings. The number of carboxylic acids is 1. The molecule has 1 atom stereocenters. The highest BCUT2D eigenvalue weighted by molar-refractivity contribution is 6.00. The van der Waals surface area contributed by atoms with Crippen LogP contribution in [0.15, 0.2) is 42.5 Å². The number of carbonyl (C=O) groups excluding carboxylic acids is 1. The molecule has 8 nitrogen and oxygen atoms in total. The maximum atomic E-state index is 13.6. The van der Waals surface area contributed by atoms with Crippen LogP contribution in [-0.4, -0.2) is 98.4 Å². The van der Waals surface area contributed by atoms with Crippen molar-refractivity contribution in [3.05, 3.63) is 53.6 Å². The fourth-order valence-electron chi connectivity index (χ4n) is 6.36. The predicted octanol–water partition coefficient (Wildman–Crippen LogP) is 5.91. The van der Waals surface area contributed by atoms with Gasteiger partial charge in [0, 0.05) is 45.3 Å². The molecule has 0 spiro atoms. The van der Waals surface area contributed by atoms with Gasteiger partial charge < -0.3 is 24.4 Å². The smallest absolute Gasteiger partial charge is 0.454 e. The first-order chi connectivity index (χ1) is 21.8. The third kappa shape index (κ3) is 8.21. The molecule has 46 heavy (non-hydrogen) atoms. The molecular formula is C33H40F5N3O5. The summed E-state index contributed by atoms with van der Waals surface area (Å²) in [6, 6.07) is 12.9. The van der Waals surface area contributed by atoms with Crippen LogP contribution in [0, 0.1) is 11.8 Å². The molecule has 5 rings (SSSR count). The second kappa shape index (κ2) is 14.0. The molecule has 2 aliphatic heterocycles. The van der Waals surface area contributed by atoms with E-state index in [0.29, 0.717) is 42.6 Å². The number of carbonyl (C=O) groups is 2. The van der Waals surface area contributed by atoms with Crippen molar-refractivity contribution in [1.82, 2.24) is 9.80 Å². The average Bonchev–Trinajstić information content (AvgIpc) is 3.88. The average molecular weight is 654 g/mol. The van der Waals surface area contributed by atoms with E-state index in [9.17, 15) is 36.6 Å². The summed E-state index contributed by atoms with van der Waals surface area (Å²) in [6.45, 7) is 0.297. The minimum atomic E-state index is -5.62. The minimum Gasteiger partial charge on any atom is -0.497 e. The number of nitrogens with zero attached hydrogens (tertiary/aromatic N) is 3. The first-order valence-electron chi connectivity index (χ1n) is 15.7. The summed E-state index contributed by atoms with van der Waals surface area (Å²) >= 11 is 0. The zero-order chi connectivity index (χ0) is 33.1. The SMILES string of the molecule is COc1ccc(C(=O)N2CCN(CC(F)(F)C(F)(F)F)CC2)c(N2CCC(COc3cccc(C(CC(=O)O)C4CC4)c3)CC2)c1. The van der Waals surface area contributed by atoms with Gasteiger partial charge in [-0.1, -0.05) is 12.1 Å². The van der Waals surface area contributed by atoms with Gasteiger partial charge in [0.1, 0.15) is 11.5 Å². The van der Waals surface area contributed by atoms with Gasteiger partial charge in [-0.25, -0.2) is 0 Å². The quantitative estimate of drug-likeness (QED) is 0.285. The third-order valence-electron chi connectivity index (χ3n) is 9.24. The van der Waals surface area contributed by atoms with Crippen LogP contribution < -0.4 is 14.4 Å². The summed E-state index contributed by atoms with van der Waals surface area (Å²) in [7, 11) is 1.53. The van der Waals surface area contributed by atoms with Gasteiger partial charge in [0.15, 0.2) is 0 Å². The number of rotatable bonds is 12. The number of benzene rings is 2. The monoisotopic (exact) mass is 653 g/mol. The molecule has 13 heteroatoms. The van der Waals surface area contributed by atoms with Crippen molar-refractivity contribution >= 4 is 17.6 Å². The number of hydrogen-bond acceptors (Lipinski definition) is 6. The van der Waals surface area contributed by atoms with Crippen molar-refractivity contribution in [2.75, 3.05) is 64.4 Å². The number of amides is 1. The number of halogens is 5. The number of carboxylic acid groups (broad SMARTS) is 1. The van der Waals surface area contributed by atoms with Crippen molar-refractivity contribution in [2.45, 2.75) is 50.1 Å². The molecule has 0 bridgehead atoms. The van der Waals surface area contributed by atoms with E-state index in [1.165, 1.54) is 12.0 Å². The zero-order valence-electron chi connectivity index (χ0n) is 25.8. The van der Waals surface area contributed by atoms with Crippen LogP contribution >= 0.6 is 0 Å². The first-order valence-corrected chi connectivity index (χ1v) is 15.7. The molecule has 1 N–H and O–H groups in total. The van der Waals surface area contributed by atoms with Gasteiger partial charge in [0.2, 0.25) is 0 Å². The molecule has 2 aromatic carbocycles. The van der Waals surface area contributed by atoms with Gasteiger partial charge in [-0.2, -0.15) is 22.0 Å². The fourth-order valence-corrected chi connectivity index (χ4v) is 6.36. The lowest BCUT2D eigenvalue weighted by atomic mass is 9.91. The van der Waals surface area contributed by atoms with Crippen LogP contribution in [0.2, 0.25) is 0 Å². The van der Waals surface area contributed by atoms with Crippen LogP contribution in [0.1, 0.15) is 53.9 Å². The third-order valence-corrected chi connectivity index (χ3v) is 9.24. The van der Waals surface area contributed by atoms with Gasteiger partial charge in [0.05, 0.1) is 37.9 Å². The lowest BCUT2D eigenvalue weighted by molar-refractivity contribution is -0.287. The van der Waals surface area contributed by atoms with Crippen molar-refractivity contribution in [2.24, 2.45) is 11.8 Å². The molecule has 2 heterocycles. The molecule has 252 valence electrons. The Kier molecular flexibility index (Phi) is 10.3. The predicted molar refractivity (Wildman–Crippen MR) is 161 cm³/mol. The Morgan fingerprint density at radius 1 is 0.913 bits per heavy atom. The molecule has 0 aromatic heterocycles. The van der Waals surface area contributed by atoms with Crippen molar-refractivity contribution in [3.63, 3.8) is 0 Å². The summed E-state index contributed by atoms with van der Waals surface area (Å²) in [4.78, 5) is 29.6. The summed E-state index contributed by atoms with van der Waals surface area (Å²) in [5.41, 5.74) is 2.10. The van der Waals surface area contributed by atoms with E-state index in [-0.39, 0.29) is 50.3 Å². The maximum Gasteiger partial charge on any atom is 0.454 e. The highest BCUT2D eigenvalue weighted by Crippen LogP contribution is 2.45. The number of methoxy groups -OCH3 is 1. The Balaban J connectivity index is 1.17. The topological polar surface area (TPSA) is 82.5 Å². The van der Waals surface area contributed by atoms with Crippen LogP contribution in [0.25, 0.3) is 0 Å². The lowest BCUT2D eigenvalue weighted by Crippen LogP contribution is -2.54. The zero-order valence-corrected chi connectivity index (χ0v) is 25.8. The molecule has 1 saturated carbocycles. The van der Waals surface area contributed by atoms with Crippen LogP contribution in [0.5, 0.6) is 11.5 Å². The first kappa shape index (κ1) is 33.7. The number of hydrogen-bond donors (Lipinski definition) is 1. The van der Waals surface area contributed by atoms with Crippen LogP contribution in [0.3, 0.4) is 0 Å². The highest BCUT2D eigenvalue weighted by Gasteiger charge is 2.58. The highest BCUT2D eigenvalue weighted by atomic mass is 19.4. The second-order valence-corrected chi connectivity index (χ2v) is 12.5. The number of piperidine rings is 1. The standard InChI is InChI=1S/C33H40F5N3O5/c1-45-25-7-8-27(31(44)41-15-13-39(14-16-41)21-32(34,35)33(36,37)38)29(18-25)40-11-9-22(10-12-40)20-46-26-4-2-3-24(17-26)28(19-30(42)43)23-5-6-23/h2-4,7-8,17-18,22-23,28H,5-6,9-16,19-21H2,1H3,(H,42,43). The molecule has 1 aliphatic carbocycles. The Labute approximate surface area is 265 Å². The molecule has 1 amide bonds. The van der Waals surface area contributed by atoms with Gasteiger partial charge in [-0.05, 0) is 73.3 Å². The van der Waals surface area contributed by atoms with E-state index in [1.54, 1.807) is 18.2 Å². The molecular weight excluding hydrogens is 613 g/mol. The van der Waals surface area contributed by atoms with E-state index < -0.39 is 24.6 Å². The van der Waals surface area contributed by atoms with Crippen LogP contribution in [0.4, 0.5) is 27.6 Å². The summed E-state index contributed by atoms with van der Waals surface area (Å²) in [5.74, 6) is -3.96. The van der Waals surface area contributed by atoms with E-state index in [0.717, 1.165) is 41.9 Å². The molecule has 2 aromatic rings. The largest absolute Gasteiger partial charge is 0.497 e. The normalized spacial score (nSPS) is 19.2. The number of alkyl halides is 5. The van der Waals surface area contributed by atoms with Gasteiger partial charge in [-0.15, -0.1) is 0 Å².